The topological polar surface area (TPSA) is 49.2 Å². The monoisotopic (exact) mass is 373 g/mol. The van der Waals surface area contributed by atoms with Crippen molar-refractivity contribution in [2.24, 2.45) is 0 Å². The van der Waals surface area contributed by atoms with Crippen molar-refractivity contribution >= 4 is 19.0 Å². The van der Waals surface area contributed by atoms with Gasteiger partial charge in [0.05, 0.1) is 24.4 Å². The molecular formula is C19H24FN3O2Si. The van der Waals surface area contributed by atoms with E-state index < -0.39 is 8.07 Å². The van der Waals surface area contributed by atoms with E-state index in [2.05, 4.69) is 29.7 Å². The molecule has 0 aliphatic heterocycles. The van der Waals surface area contributed by atoms with E-state index in [0.29, 0.717) is 30.3 Å². The van der Waals surface area contributed by atoms with Crippen molar-refractivity contribution in [3.8, 4) is 17.0 Å². The fraction of sp³-hybridized carbons (Fsp3) is 0.368. The van der Waals surface area contributed by atoms with E-state index in [4.69, 9.17) is 9.47 Å². The van der Waals surface area contributed by atoms with Gasteiger partial charge in [0.1, 0.15) is 24.0 Å². The predicted molar refractivity (Wildman–Crippen MR) is 104 cm³/mol. The van der Waals surface area contributed by atoms with E-state index in [0.717, 1.165) is 16.9 Å². The van der Waals surface area contributed by atoms with Crippen LogP contribution in [0.1, 0.15) is 0 Å². The molecule has 1 aromatic carbocycles. The summed E-state index contributed by atoms with van der Waals surface area (Å²) in [6.07, 6.45) is 3.40. The van der Waals surface area contributed by atoms with Crippen molar-refractivity contribution in [1.29, 1.82) is 0 Å². The molecule has 7 heteroatoms. The van der Waals surface area contributed by atoms with Gasteiger partial charge in [-0.2, -0.15) is 5.10 Å². The van der Waals surface area contributed by atoms with Crippen LogP contribution in [0, 0.1) is 5.82 Å². The number of pyridine rings is 1. The Morgan fingerprint density at radius 1 is 1.19 bits per heavy atom. The minimum atomic E-state index is -1.15. The van der Waals surface area contributed by atoms with Crippen molar-refractivity contribution in [1.82, 2.24) is 14.8 Å². The van der Waals surface area contributed by atoms with Crippen molar-refractivity contribution in [2.45, 2.75) is 32.4 Å². The molecule has 138 valence electrons. The largest absolute Gasteiger partial charge is 0.496 e. The normalized spacial score (nSPS) is 11.9. The fourth-order valence-electron chi connectivity index (χ4n) is 2.74. The lowest BCUT2D eigenvalue weighted by atomic mass is 10.1. The minimum absolute atomic E-state index is 0.309. The van der Waals surface area contributed by atoms with E-state index in [1.807, 2.05) is 6.07 Å². The van der Waals surface area contributed by atoms with Crippen LogP contribution in [0.4, 0.5) is 4.39 Å². The van der Waals surface area contributed by atoms with E-state index in [1.165, 1.54) is 13.2 Å². The van der Waals surface area contributed by atoms with Crippen LogP contribution < -0.4 is 4.74 Å². The summed E-state index contributed by atoms with van der Waals surface area (Å²) in [6, 6.07) is 7.68. The summed E-state index contributed by atoms with van der Waals surface area (Å²) in [7, 11) is 0.377. The highest BCUT2D eigenvalue weighted by atomic mass is 28.3. The Balaban J connectivity index is 1.96. The first-order valence-corrected chi connectivity index (χ1v) is 12.3. The van der Waals surface area contributed by atoms with Crippen LogP contribution in [0.5, 0.6) is 5.75 Å². The fourth-order valence-corrected chi connectivity index (χ4v) is 3.49. The average molecular weight is 374 g/mol. The van der Waals surface area contributed by atoms with Gasteiger partial charge < -0.3 is 9.47 Å². The van der Waals surface area contributed by atoms with Crippen molar-refractivity contribution in [3.05, 3.63) is 42.5 Å². The summed E-state index contributed by atoms with van der Waals surface area (Å²) in [5, 5.41) is 5.42. The zero-order valence-electron chi connectivity index (χ0n) is 15.6. The number of halogens is 1. The van der Waals surface area contributed by atoms with Gasteiger partial charge in [0.25, 0.3) is 0 Å². The molecule has 5 nitrogen and oxygen atoms in total. The molecule has 0 N–H and O–H groups in total. The number of aromatic nitrogens is 3. The SMILES string of the molecule is COc1cccc(F)c1-c1nn(COCC[Si](C)(C)C)c2cnccc12. The minimum Gasteiger partial charge on any atom is -0.496 e. The standard InChI is InChI=1S/C19H24FN3O2Si/c1-24-17-7-5-6-15(20)18(17)19-14-8-9-21-12-16(14)23(22-19)13-25-10-11-26(2,3)4/h5-9,12H,10-11,13H2,1-4H3. The predicted octanol–water partition coefficient (Wildman–Crippen LogP) is 4.56. The van der Waals surface area contributed by atoms with Gasteiger partial charge in [-0.05, 0) is 24.2 Å². The Labute approximate surface area is 153 Å². The van der Waals surface area contributed by atoms with Gasteiger partial charge in [-0.15, -0.1) is 0 Å². The van der Waals surface area contributed by atoms with Crippen molar-refractivity contribution < 1.29 is 13.9 Å². The molecule has 0 spiro atoms. The van der Waals surface area contributed by atoms with Crippen LogP contribution in [0.25, 0.3) is 22.2 Å². The second kappa shape index (κ2) is 7.55. The van der Waals surface area contributed by atoms with Crippen LogP contribution in [-0.2, 0) is 11.5 Å². The Bertz CT molecular complexity index is 905. The molecule has 0 saturated heterocycles. The molecule has 0 atom stereocenters. The first kappa shape index (κ1) is 18.5. The molecule has 2 heterocycles. The number of hydrogen-bond acceptors (Lipinski definition) is 4. The third-order valence-electron chi connectivity index (χ3n) is 4.20. The third kappa shape index (κ3) is 3.94. The Kier molecular flexibility index (Phi) is 5.38. The lowest BCUT2D eigenvalue weighted by Gasteiger charge is -2.15. The number of hydrogen-bond donors (Lipinski definition) is 0. The van der Waals surface area contributed by atoms with E-state index in [9.17, 15) is 4.39 Å². The quantitative estimate of drug-likeness (QED) is 0.450. The lowest BCUT2D eigenvalue weighted by Crippen LogP contribution is -2.22. The molecule has 3 aromatic rings. The summed E-state index contributed by atoms with van der Waals surface area (Å²) in [5.74, 6) is 0.0837. The highest BCUT2D eigenvalue weighted by molar-refractivity contribution is 6.76. The van der Waals surface area contributed by atoms with Crippen molar-refractivity contribution in [3.63, 3.8) is 0 Å². The van der Waals surface area contributed by atoms with E-state index in [-0.39, 0.29) is 5.82 Å². The Morgan fingerprint density at radius 3 is 2.73 bits per heavy atom. The molecule has 26 heavy (non-hydrogen) atoms. The maximum absolute atomic E-state index is 14.5. The van der Waals surface area contributed by atoms with Gasteiger partial charge in [0.15, 0.2) is 0 Å². The zero-order valence-corrected chi connectivity index (χ0v) is 16.6. The van der Waals surface area contributed by atoms with Gasteiger partial charge >= 0.3 is 0 Å². The molecule has 0 aliphatic carbocycles. The summed E-state index contributed by atoms with van der Waals surface area (Å²) >= 11 is 0. The van der Waals surface area contributed by atoms with Crippen molar-refractivity contribution in [2.75, 3.05) is 13.7 Å². The molecule has 0 bridgehead atoms. The summed E-state index contributed by atoms with van der Waals surface area (Å²) in [6.45, 7) is 7.93. The average Bonchev–Trinajstić information content (AvgIpc) is 2.96. The lowest BCUT2D eigenvalue weighted by molar-refractivity contribution is 0.0818. The number of methoxy groups -OCH3 is 1. The summed E-state index contributed by atoms with van der Waals surface area (Å²) in [4.78, 5) is 4.18. The Hall–Kier alpha value is -2.25. The molecule has 0 aliphatic rings. The highest BCUT2D eigenvalue weighted by Gasteiger charge is 2.20. The highest BCUT2D eigenvalue weighted by Crippen LogP contribution is 2.36. The molecule has 0 radical (unpaired) electrons. The molecule has 2 aromatic heterocycles. The molecule has 0 fully saturated rings. The van der Waals surface area contributed by atoms with Gasteiger partial charge in [-0.1, -0.05) is 25.7 Å². The van der Waals surface area contributed by atoms with Crippen LogP contribution in [-0.4, -0.2) is 36.6 Å². The molecule has 3 rings (SSSR count). The zero-order chi connectivity index (χ0) is 18.7. The van der Waals surface area contributed by atoms with Gasteiger partial charge in [0, 0.05) is 26.3 Å². The van der Waals surface area contributed by atoms with Gasteiger partial charge in [0.2, 0.25) is 0 Å². The first-order valence-electron chi connectivity index (χ1n) is 8.62. The second-order valence-electron chi connectivity index (χ2n) is 7.41. The molecule has 0 amide bonds. The van der Waals surface area contributed by atoms with Crippen LogP contribution in [0.3, 0.4) is 0 Å². The number of ether oxygens (including phenoxy) is 2. The van der Waals surface area contributed by atoms with Crippen LogP contribution >= 0.6 is 0 Å². The molecule has 0 saturated carbocycles. The van der Waals surface area contributed by atoms with E-state index in [1.54, 1.807) is 29.2 Å². The number of benzene rings is 1. The summed E-state index contributed by atoms with van der Waals surface area (Å²) < 4.78 is 27.4. The molecular weight excluding hydrogens is 349 g/mol. The number of fused-ring (bicyclic) bond motifs is 1. The maximum atomic E-state index is 14.5. The van der Waals surface area contributed by atoms with Gasteiger partial charge in [-0.25, -0.2) is 9.07 Å². The number of nitrogens with zero attached hydrogens (tertiary/aromatic N) is 3. The number of rotatable bonds is 7. The van der Waals surface area contributed by atoms with Crippen LogP contribution in [0.2, 0.25) is 25.7 Å². The maximum Gasteiger partial charge on any atom is 0.140 e. The first-order chi connectivity index (χ1) is 12.4. The smallest absolute Gasteiger partial charge is 0.140 e. The summed E-state index contributed by atoms with van der Waals surface area (Å²) in [5.41, 5.74) is 1.69. The second-order valence-corrected chi connectivity index (χ2v) is 13.0. The van der Waals surface area contributed by atoms with Gasteiger partial charge in [-0.3, -0.25) is 4.98 Å². The van der Waals surface area contributed by atoms with E-state index >= 15 is 0 Å². The molecule has 0 unspecified atom stereocenters. The van der Waals surface area contributed by atoms with Crippen LogP contribution in [0.15, 0.2) is 36.7 Å². The Morgan fingerprint density at radius 2 is 2.00 bits per heavy atom. The third-order valence-corrected chi connectivity index (χ3v) is 5.90.